The molecule has 2 rings (SSSR count). The van der Waals surface area contributed by atoms with Crippen LogP contribution in [0.3, 0.4) is 0 Å². The van der Waals surface area contributed by atoms with Crippen molar-refractivity contribution in [3.8, 4) is 0 Å². The predicted molar refractivity (Wildman–Crippen MR) is 79.7 cm³/mol. The van der Waals surface area contributed by atoms with Crippen molar-refractivity contribution < 1.29 is 4.42 Å². The minimum atomic E-state index is -0.375. The number of oxazole rings is 1. The molecule has 3 nitrogen and oxygen atoms in total. The lowest BCUT2D eigenvalue weighted by atomic mass is 10.0. The molecule has 4 heteroatoms. The monoisotopic (exact) mass is 277 g/mol. The highest BCUT2D eigenvalue weighted by Crippen LogP contribution is 2.17. The molecule has 1 N–H and O–H groups in total. The fraction of sp³-hybridized carbons (Fsp3) is 0.400. The van der Waals surface area contributed by atoms with Crippen LogP contribution in [0.15, 0.2) is 39.7 Å². The van der Waals surface area contributed by atoms with Gasteiger partial charge in [0.25, 0.3) is 0 Å². The number of hydrogen-bond acceptors (Lipinski definition) is 3. The second kappa shape index (κ2) is 6.66. The summed E-state index contributed by atoms with van der Waals surface area (Å²) in [6.45, 7) is 4.41. The van der Waals surface area contributed by atoms with Crippen molar-refractivity contribution in [2.75, 3.05) is 5.75 Å². The van der Waals surface area contributed by atoms with E-state index >= 15 is 0 Å². The van der Waals surface area contributed by atoms with Gasteiger partial charge < -0.3 is 4.42 Å². The predicted octanol–water partition coefficient (Wildman–Crippen LogP) is 3.57. The van der Waals surface area contributed by atoms with Crippen LogP contribution in [0, 0.1) is 0 Å². The lowest BCUT2D eigenvalue weighted by molar-refractivity contribution is 0.485. The van der Waals surface area contributed by atoms with E-state index in [1.807, 2.05) is 0 Å². The Morgan fingerprint density at radius 3 is 2.58 bits per heavy atom. The quantitative estimate of drug-likeness (QED) is 0.821. The van der Waals surface area contributed by atoms with Crippen molar-refractivity contribution in [2.45, 2.75) is 31.9 Å². The average Bonchev–Trinajstić information content (AvgIpc) is 2.81. The Bertz CT molecular complexity index is 554. The maximum Gasteiger partial charge on any atom is 0.416 e. The molecule has 0 unspecified atom stereocenters. The number of rotatable bonds is 6. The highest BCUT2D eigenvalue weighted by Gasteiger charge is 2.01. The summed E-state index contributed by atoms with van der Waals surface area (Å²) in [5.41, 5.74) is 2.73. The van der Waals surface area contributed by atoms with Crippen molar-refractivity contribution in [3.05, 3.63) is 57.9 Å². The van der Waals surface area contributed by atoms with Gasteiger partial charge in [-0.25, -0.2) is 4.79 Å². The molecule has 0 spiro atoms. The summed E-state index contributed by atoms with van der Waals surface area (Å²) in [5.74, 6) is 2.68. The molecular weight excluding hydrogens is 258 g/mol. The van der Waals surface area contributed by atoms with Crippen LogP contribution in [0.25, 0.3) is 0 Å². The lowest BCUT2D eigenvalue weighted by Crippen LogP contribution is -1.93. The van der Waals surface area contributed by atoms with Crippen LogP contribution >= 0.6 is 11.8 Å². The van der Waals surface area contributed by atoms with Gasteiger partial charge in [-0.3, -0.25) is 4.98 Å². The summed E-state index contributed by atoms with van der Waals surface area (Å²) >= 11 is 1.77. The third-order valence-electron chi connectivity index (χ3n) is 3.00. The molecule has 0 atom stereocenters. The Morgan fingerprint density at radius 1 is 1.26 bits per heavy atom. The van der Waals surface area contributed by atoms with Gasteiger partial charge in [-0.1, -0.05) is 38.1 Å². The topological polar surface area (TPSA) is 46.0 Å². The molecule has 0 aliphatic heterocycles. The normalized spacial score (nSPS) is 11.1. The Morgan fingerprint density at radius 2 is 2.00 bits per heavy atom. The number of hydrogen-bond donors (Lipinski definition) is 1. The van der Waals surface area contributed by atoms with Gasteiger partial charge in [-0.15, -0.1) is 0 Å². The number of aromatic nitrogens is 1. The Hall–Kier alpha value is -1.42. The third-order valence-corrected chi connectivity index (χ3v) is 3.98. The van der Waals surface area contributed by atoms with Crippen molar-refractivity contribution in [1.82, 2.24) is 4.98 Å². The van der Waals surface area contributed by atoms with E-state index in [1.165, 1.54) is 11.1 Å². The molecule has 0 aliphatic carbocycles. The molecule has 0 radical (unpaired) electrons. The SMILES string of the molecule is CC(C)c1ccc(CCSCc2c[nH]c(=O)o2)cc1. The van der Waals surface area contributed by atoms with Crippen molar-refractivity contribution in [1.29, 1.82) is 0 Å². The second-order valence-corrected chi connectivity index (χ2v) is 5.95. The van der Waals surface area contributed by atoms with Crippen LogP contribution in [0.4, 0.5) is 0 Å². The van der Waals surface area contributed by atoms with Gasteiger partial charge in [0.05, 0.1) is 5.75 Å². The van der Waals surface area contributed by atoms with Crippen molar-refractivity contribution >= 4 is 11.8 Å². The van der Waals surface area contributed by atoms with Crippen LogP contribution in [-0.2, 0) is 12.2 Å². The van der Waals surface area contributed by atoms with Gasteiger partial charge >= 0.3 is 5.76 Å². The third kappa shape index (κ3) is 4.31. The highest BCUT2D eigenvalue weighted by molar-refractivity contribution is 7.98. The van der Waals surface area contributed by atoms with E-state index in [1.54, 1.807) is 18.0 Å². The number of thioether (sulfide) groups is 1. The first-order chi connectivity index (χ1) is 9.15. The highest BCUT2D eigenvalue weighted by atomic mass is 32.2. The average molecular weight is 277 g/mol. The number of H-pyrrole nitrogens is 1. The minimum absolute atomic E-state index is 0.375. The Labute approximate surface area is 117 Å². The Balaban J connectivity index is 1.75. The van der Waals surface area contributed by atoms with Crippen LogP contribution in [0.2, 0.25) is 0 Å². The van der Waals surface area contributed by atoms with Gasteiger partial charge in [-0.05, 0) is 29.2 Å². The number of nitrogens with one attached hydrogen (secondary N) is 1. The molecule has 1 aromatic heterocycles. The molecule has 0 bridgehead atoms. The van der Waals surface area contributed by atoms with Gasteiger partial charge in [-0.2, -0.15) is 11.8 Å². The second-order valence-electron chi connectivity index (χ2n) is 4.84. The minimum Gasteiger partial charge on any atom is -0.412 e. The fourth-order valence-electron chi connectivity index (χ4n) is 1.82. The maximum absolute atomic E-state index is 10.8. The summed E-state index contributed by atoms with van der Waals surface area (Å²) in [5, 5.41) is 0. The first-order valence-corrected chi connectivity index (χ1v) is 7.64. The molecule has 19 heavy (non-hydrogen) atoms. The molecule has 1 aromatic carbocycles. The summed E-state index contributed by atoms with van der Waals surface area (Å²) in [6, 6.07) is 8.81. The van der Waals surface area contributed by atoms with E-state index < -0.39 is 0 Å². The molecule has 2 aromatic rings. The summed E-state index contributed by atoms with van der Waals surface area (Å²) in [7, 11) is 0. The fourth-order valence-corrected chi connectivity index (χ4v) is 2.69. The van der Waals surface area contributed by atoms with Gasteiger partial charge in [0.1, 0.15) is 5.76 Å². The van der Waals surface area contributed by atoms with Gasteiger partial charge in [0, 0.05) is 6.20 Å². The van der Waals surface area contributed by atoms with Crippen LogP contribution in [0.5, 0.6) is 0 Å². The first kappa shape index (κ1) is 14.0. The maximum atomic E-state index is 10.8. The molecule has 1 heterocycles. The van der Waals surface area contributed by atoms with E-state index in [9.17, 15) is 4.79 Å². The first-order valence-electron chi connectivity index (χ1n) is 6.49. The summed E-state index contributed by atoms with van der Waals surface area (Å²) in [4.78, 5) is 13.3. The summed E-state index contributed by atoms with van der Waals surface area (Å²) in [6.07, 6.45) is 2.67. The van der Waals surface area contributed by atoms with Crippen LogP contribution in [-0.4, -0.2) is 10.7 Å². The largest absolute Gasteiger partial charge is 0.416 e. The zero-order valence-electron chi connectivity index (χ0n) is 11.3. The van der Waals surface area contributed by atoms with Crippen molar-refractivity contribution in [3.63, 3.8) is 0 Å². The molecule has 0 amide bonds. The molecule has 0 aliphatic rings. The number of aryl methyl sites for hydroxylation is 1. The van der Waals surface area contributed by atoms with Gasteiger partial charge in [0.2, 0.25) is 0 Å². The zero-order valence-corrected chi connectivity index (χ0v) is 12.1. The van der Waals surface area contributed by atoms with Crippen LogP contribution < -0.4 is 5.76 Å². The standard InChI is InChI=1S/C15H19NO2S/c1-11(2)13-5-3-12(4-6-13)7-8-19-10-14-9-16-15(17)18-14/h3-6,9,11H,7-8,10H2,1-2H3,(H,16,17). The Kier molecular flexibility index (Phi) is 4.91. The lowest BCUT2D eigenvalue weighted by Gasteiger charge is -2.06. The number of benzene rings is 1. The summed E-state index contributed by atoms with van der Waals surface area (Å²) < 4.78 is 4.95. The molecule has 102 valence electrons. The van der Waals surface area contributed by atoms with Gasteiger partial charge in [0.15, 0.2) is 0 Å². The van der Waals surface area contributed by atoms with Crippen LogP contribution in [0.1, 0.15) is 36.7 Å². The zero-order chi connectivity index (χ0) is 13.7. The van der Waals surface area contributed by atoms with E-state index in [4.69, 9.17) is 4.42 Å². The molecule has 0 saturated carbocycles. The molecule has 0 fully saturated rings. The number of aromatic amines is 1. The smallest absolute Gasteiger partial charge is 0.412 e. The van der Waals surface area contributed by atoms with E-state index in [2.05, 4.69) is 43.1 Å². The van der Waals surface area contributed by atoms with E-state index in [0.717, 1.165) is 17.9 Å². The molecule has 0 saturated heterocycles. The van der Waals surface area contributed by atoms with E-state index in [0.29, 0.717) is 11.7 Å². The van der Waals surface area contributed by atoms with Crippen molar-refractivity contribution in [2.24, 2.45) is 0 Å². The van der Waals surface area contributed by atoms with E-state index in [-0.39, 0.29) is 5.76 Å². The molecular formula is C15H19NO2S.